The number of esters is 1. The number of hydrogen-bond acceptors (Lipinski definition) is 7. The fraction of sp³-hybridized carbons (Fsp3) is 0.579. The number of benzene rings is 1. The van der Waals surface area contributed by atoms with Gasteiger partial charge in [-0.15, -0.1) is 0 Å². The molecule has 9 heteroatoms. The Hall–Kier alpha value is -2.29. The van der Waals surface area contributed by atoms with Gasteiger partial charge in [-0.05, 0) is 38.0 Å². The van der Waals surface area contributed by atoms with E-state index >= 15 is 0 Å². The number of nitrogens with zero attached hydrogens (tertiary/aromatic N) is 1. The van der Waals surface area contributed by atoms with Crippen molar-refractivity contribution in [2.45, 2.75) is 38.8 Å². The maximum atomic E-state index is 12.7. The van der Waals surface area contributed by atoms with E-state index in [0.717, 1.165) is 0 Å². The van der Waals surface area contributed by atoms with Crippen LogP contribution in [0.1, 0.15) is 37.0 Å². The Labute approximate surface area is 165 Å². The van der Waals surface area contributed by atoms with Gasteiger partial charge in [-0.1, -0.05) is 6.92 Å². The maximum Gasteiger partial charge on any atom is 0.338 e. The number of methoxy groups -OCH3 is 2. The van der Waals surface area contributed by atoms with Crippen molar-refractivity contribution in [3.8, 4) is 11.5 Å². The van der Waals surface area contributed by atoms with Crippen molar-refractivity contribution in [3.05, 3.63) is 23.8 Å². The van der Waals surface area contributed by atoms with E-state index in [1.165, 1.54) is 26.4 Å². The van der Waals surface area contributed by atoms with E-state index in [9.17, 15) is 18.0 Å². The average Bonchev–Trinajstić information content (AvgIpc) is 3.04. The number of carbonyl (C=O) groups excluding carboxylic acids is 2. The third-order valence-corrected chi connectivity index (χ3v) is 6.65. The second-order valence-electron chi connectivity index (χ2n) is 6.76. The van der Waals surface area contributed by atoms with E-state index < -0.39 is 28.3 Å². The zero-order valence-electron chi connectivity index (χ0n) is 16.6. The Morgan fingerprint density at radius 2 is 1.89 bits per heavy atom. The Morgan fingerprint density at radius 1 is 1.21 bits per heavy atom. The fourth-order valence-corrected chi connectivity index (χ4v) is 4.96. The number of carbonyl (C=O) groups is 2. The lowest BCUT2D eigenvalue weighted by molar-refractivity contribution is -0.138. The summed E-state index contributed by atoms with van der Waals surface area (Å²) in [7, 11) is -0.190. The highest BCUT2D eigenvalue weighted by atomic mass is 32.2. The molecule has 1 saturated heterocycles. The van der Waals surface area contributed by atoms with Gasteiger partial charge >= 0.3 is 5.97 Å². The van der Waals surface area contributed by atoms with Gasteiger partial charge in [0.2, 0.25) is 0 Å². The molecule has 1 aliphatic rings. The number of ether oxygens (including phenoxy) is 3. The van der Waals surface area contributed by atoms with Crippen LogP contribution in [-0.2, 0) is 19.4 Å². The van der Waals surface area contributed by atoms with Crippen molar-refractivity contribution in [2.75, 3.05) is 32.3 Å². The third-order valence-electron chi connectivity index (χ3n) is 4.90. The summed E-state index contributed by atoms with van der Waals surface area (Å²) in [5.74, 6) is -0.195. The minimum Gasteiger partial charge on any atom is -0.493 e. The monoisotopic (exact) mass is 413 g/mol. The van der Waals surface area contributed by atoms with Crippen LogP contribution in [0.2, 0.25) is 0 Å². The van der Waals surface area contributed by atoms with E-state index in [2.05, 4.69) is 0 Å². The van der Waals surface area contributed by atoms with Crippen LogP contribution in [0.4, 0.5) is 0 Å². The van der Waals surface area contributed by atoms with Crippen molar-refractivity contribution < 1.29 is 32.2 Å². The molecule has 8 nitrogen and oxygen atoms in total. The first-order valence-electron chi connectivity index (χ1n) is 9.13. The summed E-state index contributed by atoms with van der Waals surface area (Å²) in [6, 6.07) is 4.04. The van der Waals surface area contributed by atoms with Crippen molar-refractivity contribution in [3.63, 3.8) is 0 Å². The Balaban J connectivity index is 2.06. The zero-order valence-corrected chi connectivity index (χ0v) is 17.5. The first-order chi connectivity index (χ1) is 13.2. The minimum absolute atomic E-state index is 0.0489. The second kappa shape index (κ2) is 9.27. The van der Waals surface area contributed by atoms with Crippen LogP contribution in [0.25, 0.3) is 0 Å². The summed E-state index contributed by atoms with van der Waals surface area (Å²) in [5.41, 5.74) is 0.226. The van der Waals surface area contributed by atoms with Crippen molar-refractivity contribution in [1.82, 2.24) is 4.90 Å². The van der Waals surface area contributed by atoms with E-state index in [4.69, 9.17) is 14.2 Å². The third kappa shape index (κ3) is 5.15. The average molecular weight is 413 g/mol. The van der Waals surface area contributed by atoms with Crippen LogP contribution in [-0.4, -0.2) is 69.6 Å². The Bertz CT molecular complexity index is 822. The SMILES string of the molecule is CC[C@@H](C)N(C(=O)COC(=O)c1ccc(OC)c(OC)c1)[C@@H]1CCS(=O)(=O)C1. The molecule has 1 amide bonds. The molecule has 1 fully saturated rings. The molecule has 0 unspecified atom stereocenters. The molecule has 156 valence electrons. The summed E-state index contributed by atoms with van der Waals surface area (Å²) in [4.78, 5) is 26.6. The minimum atomic E-state index is -3.13. The summed E-state index contributed by atoms with van der Waals surface area (Å²) >= 11 is 0. The molecule has 1 aromatic rings. The lowest BCUT2D eigenvalue weighted by Gasteiger charge is -2.33. The lowest BCUT2D eigenvalue weighted by Crippen LogP contribution is -2.48. The first-order valence-corrected chi connectivity index (χ1v) is 10.9. The lowest BCUT2D eigenvalue weighted by atomic mass is 10.1. The van der Waals surface area contributed by atoms with Gasteiger partial charge in [-0.2, -0.15) is 0 Å². The maximum absolute atomic E-state index is 12.7. The summed E-state index contributed by atoms with van der Waals surface area (Å²) < 4.78 is 39.1. The molecule has 1 aliphatic heterocycles. The molecule has 1 aromatic carbocycles. The van der Waals surface area contributed by atoms with Gasteiger partial charge in [0.25, 0.3) is 5.91 Å². The van der Waals surface area contributed by atoms with Crippen molar-refractivity contribution in [2.24, 2.45) is 0 Å². The first kappa shape index (κ1) is 22.0. The quantitative estimate of drug-likeness (QED) is 0.598. The molecule has 0 spiro atoms. The molecule has 0 bridgehead atoms. The van der Waals surface area contributed by atoms with Gasteiger partial charge in [0, 0.05) is 12.1 Å². The highest BCUT2D eigenvalue weighted by Gasteiger charge is 2.36. The Kier molecular flexibility index (Phi) is 7.29. The molecule has 0 aliphatic carbocycles. The van der Waals surface area contributed by atoms with Gasteiger partial charge in [0.15, 0.2) is 27.9 Å². The molecule has 0 saturated carbocycles. The van der Waals surface area contributed by atoms with Crippen LogP contribution in [0.3, 0.4) is 0 Å². The fourth-order valence-electron chi connectivity index (χ4n) is 3.25. The summed E-state index contributed by atoms with van der Waals surface area (Å²) in [6.45, 7) is 3.33. The highest BCUT2D eigenvalue weighted by molar-refractivity contribution is 7.91. The predicted octanol–water partition coefficient (Wildman–Crippen LogP) is 1.67. The molecule has 0 N–H and O–H groups in total. The van der Waals surface area contributed by atoms with E-state index in [-0.39, 0.29) is 29.2 Å². The number of rotatable bonds is 8. The van der Waals surface area contributed by atoms with Crippen molar-refractivity contribution >= 4 is 21.7 Å². The van der Waals surface area contributed by atoms with E-state index in [1.54, 1.807) is 11.0 Å². The second-order valence-corrected chi connectivity index (χ2v) is 8.99. The van der Waals surface area contributed by atoms with Gasteiger partial charge in [-0.3, -0.25) is 4.79 Å². The molecule has 1 heterocycles. The zero-order chi connectivity index (χ0) is 20.9. The van der Waals surface area contributed by atoms with Crippen LogP contribution < -0.4 is 9.47 Å². The molecule has 0 aromatic heterocycles. The number of amides is 1. The summed E-state index contributed by atoms with van der Waals surface area (Å²) in [5, 5.41) is 0. The van der Waals surface area contributed by atoms with E-state index in [1.807, 2.05) is 13.8 Å². The largest absolute Gasteiger partial charge is 0.493 e. The van der Waals surface area contributed by atoms with Gasteiger partial charge in [0.1, 0.15) is 0 Å². The van der Waals surface area contributed by atoms with Crippen LogP contribution in [0.5, 0.6) is 11.5 Å². The predicted molar refractivity (Wildman–Crippen MR) is 103 cm³/mol. The van der Waals surface area contributed by atoms with Crippen LogP contribution >= 0.6 is 0 Å². The van der Waals surface area contributed by atoms with Crippen LogP contribution in [0, 0.1) is 0 Å². The summed E-state index contributed by atoms with van der Waals surface area (Å²) in [6.07, 6.45) is 1.08. The molecule has 2 atom stereocenters. The van der Waals surface area contributed by atoms with Gasteiger partial charge < -0.3 is 19.1 Å². The molecule has 2 rings (SSSR count). The molecular formula is C19H27NO7S. The molecule has 28 heavy (non-hydrogen) atoms. The van der Waals surface area contributed by atoms with Crippen molar-refractivity contribution in [1.29, 1.82) is 0 Å². The topological polar surface area (TPSA) is 99.2 Å². The van der Waals surface area contributed by atoms with Gasteiger partial charge in [0.05, 0.1) is 31.3 Å². The van der Waals surface area contributed by atoms with E-state index in [0.29, 0.717) is 24.3 Å². The smallest absolute Gasteiger partial charge is 0.338 e. The standard InChI is InChI=1S/C19H27NO7S/c1-5-13(2)20(15-8-9-28(23,24)12-15)18(21)11-27-19(22)14-6-7-16(25-3)17(10-14)26-4/h6-7,10,13,15H,5,8-9,11-12H2,1-4H3/t13-,15-/m1/s1. The normalized spacial score (nSPS) is 18.9. The highest BCUT2D eigenvalue weighted by Crippen LogP contribution is 2.28. The molecule has 0 radical (unpaired) electrons. The number of hydrogen-bond donors (Lipinski definition) is 0. The van der Waals surface area contributed by atoms with Gasteiger partial charge in [-0.25, -0.2) is 13.2 Å². The Morgan fingerprint density at radius 3 is 2.43 bits per heavy atom. The number of sulfone groups is 1. The molecular weight excluding hydrogens is 386 g/mol. The van der Waals surface area contributed by atoms with Crippen LogP contribution in [0.15, 0.2) is 18.2 Å².